The summed E-state index contributed by atoms with van der Waals surface area (Å²) in [5.41, 5.74) is 4.66. The van der Waals surface area contributed by atoms with Gasteiger partial charge in [0, 0.05) is 28.2 Å². The summed E-state index contributed by atoms with van der Waals surface area (Å²) >= 11 is 12.7. The maximum atomic E-state index is 6.38. The van der Waals surface area contributed by atoms with Crippen molar-refractivity contribution in [3.8, 4) is 0 Å². The zero-order valence-electron chi connectivity index (χ0n) is 16.5. The summed E-state index contributed by atoms with van der Waals surface area (Å²) in [7, 11) is 0. The van der Waals surface area contributed by atoms with Crippen molar-refractivity contribution in [3.63, 3.8) is 0 Å². The van der Waals surface area contributed by atoms with Crippen LogP contribution in [0.25, 0.3) is 0 Å². The molecule has 4 rings (SSSR count). The van der Waals surface area contributed by atoms with Crippen LogP contribution in [0.5, 0.6) is 0 Å². The van der Waals surface area contributed by atoms with Gasteiger partial charge in [-0.15, -0.1) is 0 Å². The minimum absolute atomic E-state index is 0.182. The topological polar surface area (TPSA) is 24.4 Å². The molecule has 2 heterocycles. The van der Waals surface area contributed by atoms with Crippen LogP contribution in [-0.4, -0.2) is 18.8 Å². The number of nitrogens with zero attached hydrogens (tertiary/aromatic N) is 1. The summed E-state index contributed by atoms with van der Waals surface area (Å²) < 4.78 is 0. The molecule has 1 N–H and O–H groups in total. The number of halogens is 2. The fourth-order valence-corrected chi connectivity index (χ4v) is 5.47. The minimum Gasteiger partial charge on any atom is -0.309 e. The Morgan fingerprint density at radius 3 is 2.68 bits per heavy atom. The van der Waals surface area contributed by atoms with E-state index in [1.807, 2.05) is 18.2 Å². The van der Waals surface area contributed by atoms with Gasteiger partial charge in [-0.1, -0.05) is 66.9 Å². The molecule has 2 aliphatic rings. The van der Waals surface area contributed by atoms with Crippen LogP contribution in [0.4, 0.5) is 5.69 Å². The first-order chi connectivity index (χ1) is 13.5. The monoisotopic (exact) mass is 412 g/mol. The molecule has 2 aliphatic heterocycles. The van der Waals surface area contributed by atoms with Crippen molar-refractivity contribution in [3.05, 3.63) is 75.3 Å². The fraction of sp³-hybridized carbons (Fsp3) is 0.375. The number of hydrogen-bond acceptors (Lipinski definition) is 2. The predicted octanol–water partition coefficient (Wildman–Crippen LogP) is 6.70. The second-order valence-corrected chi connectivity index (χ2v) is 8.95. The number of nitrogens with one attached hydrogen (secondary N) is 1. The van der Waals surface area contributed by atoms with Gasteiger partial charge in [0.05, 0.1) is 11.1 Å². The van der Waals surface area contributed by atoms with Crippen LogP contribution in [-0.2, 0) is 5.41 Å². The van der Waals surface area contributed by atoms with E-state index in [1.54, 1.807) is 0 Å². The molecule has 2 nitrogen and oxygen atoms in total. The maximum Gasteiger partial charge on any atom is 0.0683 e. The maximum absolute atomic E-state index is 6.38. The van der Waals surface area contributed by atoms with Gasteiger partial charge >= 0.3 is 0 Å². The molecular formula is C24H26Cl2N2. The van der Waals surface area contributed by atoms with Crippen LogP contribution in [0.15, 0.2) is 59.1 Å². The molecule has 1 fully saturated rings. The predicted molar refractivity (Wildman–Crippen MR) is 120 cm³/mol. The van der Waals surface area contributed by atoms with Gasteiger partial charge in [-0.2, -0.15) is 0 Å². The fourth-order valence-electron chi connectivity index (χ4n) is 5.11. The number of benzene rings is 2. The molecule has 146 valence electrons. The zero-order valence-corrected chi connectivity index (χ0v) is 18.1. The highest BCUT2D eigenvalue weighted by molar-refractivity contribution is 6.31. The molecule has 0 bridgehead atoms. The molecule has 0 aromatic heterocycles. The highest BCUT2D eigenvalue weighted by Gasteiger charge is 2.52. The summed E-state index contributed by atoms with van der Waals surface area (Å²) in [5, 5.41) is 5.33. The Balaban J connectivity index is 1.95. The molecule has 0 unspecified atom stereocenters. The van der Waals surface area contributed by atoms with Gasteiger partial charge in [0.2, 0.25) is 0 Å². The molecule has 2 aromatic rings. The number of piperidine rings is 1. The highest BCUT2D eigenvalue weighted by Crippen LogP contribution is 2.53. The molecule has 1 saturated heterocycles. The van der Waals surface area contributed by atoms with Crippen LogP contribution in [0.2, 0.25) is 10.0 Å². The van der Waals surface area contributed by atoms with Gasteiger partial charge in [-0.25, -0.2) is 0 Å². The Labute approximate surface area is 177 Å². The van der Waals surface area contributed by atoms with Gasteiger partial charge in [-0.05, 0) is 61.2 Å². The van der Waals surface area contributed by atoms with E-state index in [-0.39, 0.29) is 17.4 Å². The Bertz CT molecular complexity index is 947. The molecule has 2 aromatic carbocycles. The standard InChI is InChI=1S/C24H26Cl2N2/c1-4-19(15(2)3)23-24(14-28-22-13-18(26)8-9-21(22)24)20(10-11-27-23)16-6-5-7-17(25)12-16/h4-9,12-15,20,23,27H,10-11H2,1-3H3/t20-,23+,24-/m1/s1. The lowest BCUT2D eigenvalue weighted by molar-refractivity contribution is 0.283. The van der Waals surface area contributed by atoms with E-state index in [0.717, 1.165) is 28.7 Å². The van der Waals surface area contributed by atoms with E-state index in [1.165, 1.54) is 16.7 Å². The molecule has 0 radical (unpaired) electrons. The van der Waals surface area contributed by atoms with Gasteiger partial charge in [-0.3, -0.25) is 4.99 Å². The molecule has 4 heteroatoms. The normalized spacial score (nSPS) is 26.9. The largest absolute Gasteiger partial charge is 0.309 e. The Kier molecular flexibility index (Phi) is 5.39. The third-order valence-corrected chi connectivity index (χ3v) is 6.73. The summed E-state index contributed by atoms with van der Waals surface area (Å²) in [5.74, 6) is 0.736. The molecule has 3 atom stereocenters. The number of rotatable bonds is 3. The molecule has 0 saturated carbocycles. The molecule has 28 heavy (non-hydrogen) atoms. The summed E-state index contributed by atoms with van der Waals surface area (Å²) in [6, 6.07) is 14.6. The van der Waals surface area contributed by atoms with Crippen molar-refractivity contribution in [1.29, 1.82) is 0 Å². The summed E-state index contributed by atoms with van der Waals surface area (Å²) in [6.07, 6.45) is 5.47. The molecule has 0 aliphatic carbocycles. The lowest BCUT2D eigenvalue weighted by atomic mass is 9.59. The van der Waals surface area contributed by atoms with Gasteiger partial charge in [0.25, 0.3) is 0 Å². The van der Waals surface area contributed by atoms with E-state index >= 15 is 0 Å². The quantitative estimate of drug-likeness (QED) is 0.557. The third-order valence-electron chi connectivity index (χ3n) is 6.26. The third kappa shape index (κ3) is 3.12. The van der Waals surface area contributed by atoms with Gasteiger partial charge < -0.3 is 5.32 Å². The Morgan fingerprint density at radius 2 is 1.96 bits per heavy atom. The van der Waals surface area contributed by atoms with Crippen molar-refractivity contribution >= 4 is 35.1 Å². The van der Waals surface area contributed by atoms with E-state index < -0.39 is 0 Å². The number of fused-ring (bicyclic) bond motifs is 2. The lowest BCUT2D eigenvalue weighted by Crippen LogP contribution is -2.58. The van der Waals surface area contributed by atoms with Crippen LogP contribution in [0.3, 0.4) is 0 Å². The van der Waals surface area contributed by atoms with Crippen molar-refractivity contribution in [2.24, 2.45) is 10.9 Å². The van der Waals surface area contributed by atoms with Crippen molar-refractivity contribution < 1.29 is 0 Å². The van der Waals surface area contributed by atoms with Crippen molar-refractivity contribution in [2.45, 2.75) is 44.6 Å². The van der Waals surface area contributed by atoms with Crippen LogP contribution in [0, 0.1) is 5.92 Å². The van der Waals surface area contributed by atoms with E-state index in [2.05, 4.69) is 62.6 Å². The first-order valence-corrected chi connectivity index (χ1v) is 10.7. The average Bonchev–Trinajstić information content (AvgIpc) is 3.02. The van der Waals surface area contributed by atoms with Crippen LogP contribution < -0.4 is 5.32 Å². The van der Waals surface area contributed by atoms with Crippen LogP contribution in [0.1, 0.15) is 44.2 Å². The van der Waals surface area contributed by atoms with Gasteiger partial charge in [0.15, 0.2) is 0 Å². The van der Waals surface area contributed by atoms with E-state index in [9.17, 15) is 0 Å². The lowest BCUT2D eigenvalue weighted by Gasteiger charge is -2.49. The molecule has 1 spiro atoms. The van der Waals surface area contributed by atoms with Crippen LogP contribution >= 0.6 is 23.2 Å². The molecular weight excluding hydrogens is 387 g/mol. The first kappa shape index (κ1) is 19.7. The average molecular weight is 413 g/mol. The van der Waals surface area contributed by atoms with Gasteiger partial charge in [0.1, 0.15) is 0 Å². The van der Waals surface area contributed by atoms with E-state index in [0.29, 0.717) is 5.92 Å². The number of aliphatic imine (C=N–C) groups is 1. The smallest absolute Gasteiger partial charge is 0.0683 e. The highest BCUT2D eigenvalue weighted by atomic mass is 35.5. The second-order valence-electron chi connectivity index (χ2n) is 8.08. The first-order valence-electron chi connectivity index (χ1n) is 9.97. The van der Waals surface area contributed by atoms with Crippen molar-refractivity contribution in [2.75, 3.05) is 6.54 Å². The number of hydrogen-bond donors (Lipinski definition) is 1. The summed E-state index contributed by atoms with van der Waals surface area (Å²) in [4.78, 5) is 4.85. The zero-order chi connectivity index (χ0) is 19.9. The summed E-state index contributed by atoms with van der Waals surface area (Å²) in [6.45, 7) is 7.64. The van der Waals surface area contributed by atoms with E-state index in [4.69, 9.17) is 28.2 Å². The Morgan fingerprint density at radius 1 is 1.18 bits per heavy atom. The SMILES string of the molecule is CC=C(C(C)C)[C@@H]1NCC[C@H](c2cccc(Cl)c2)[C@@]12C=Nc1cc(Cl)ccc12. The molecule has 0 amide bonds. The van der Waals surface area contributed by atoms with Crippen molar-refractivity contribution in [1.82, 2.24) is 5.32 Å². The Hall–Kier alpha value is -1.61. The minimum atomic E-state index is -0.255. The number of allylic oxidation sites excluding steroid dienone is 1. The second kappa shape index (κ2) is 7.67.